The zero-order valence-corrected chi connectivity index (χ0v) is 20.7. The second-order valence-corrected chi connectivity index (χ2v) is 7.66. The van der Waals surface area contributed by atoms with Crippen molar-refractivity contribution in [3.05, 3.63) is 38.3 Å². The molecule has 0 saturated heterocycles. The van der Waals surface area contributed by atoms with Gasteiger partial charge < -0.3 is 28.9 Å². The number of esters is 3. The standard InChI is InChI=1S/C24H35N3O9/c1-5-24(15-34-21(31)9-12-25(6-2)18-28,16-35-22(32)10-13-26(7-3)19-29)17-36-23(33)11-14-27(8-4)20-30/h6-8,18-20H,2-5,9-17H2,1H3. The Morgan fingerprint density at radius 2 is 0.917 bits per heavy atom. The second kappa shape index (κ2) is 18.4. The highest BCUT2D eigenvalue weighted by atomic mass is 16.6. The van der Waals surface area contributed by atoms with E-state index in [9.17, 15) is 28.8 Å². The van der Waals surface area contributed by atoms with Crippen molar-refractivity contribution in [2.24, 2.45) is 5.41 Å². The molecule has 0 aromatic carbocycles. The highest BCUT2D eigenvalue weighted by molar-refractivity contribution is 5.71. The highest BCUT2D eigenvalue weighted by Crippen LogP contribution is 2.25. The van der Waals surface area contributed by atoms with Crippen LogP contribution in [0.25, 0.3) is 0 Å². The third-order valence-electron chi connectivity index (χ3n) is 5.20. The summed E-state index contributed by atoms with van der Waals surface area (Å²) in [6, 6.07) is 0. The highest BCUT2D eigenvalue weighted by Gasteiger charge is 2.34. The first-order valence-corrected chi connectivity index (χ1v) is 11.2. The number of nitrogens with zero attached hydrogens (tertiary/aromatic N) is 3. The Labute approximate surface area is 211 Å². The van der Waals surface area contributed by atoms with Crippen LogP contribution in [0.4, 0.5) is 0 Å². The van der Waals surface area contributed by atoms with Crippen molar-refractivity contribution >= 4 is 37.1 Å². The predicted molar refractivity (Wildman–Crippen MR) is 128 cm³/mol. The Balaban J connectivity index is 5.18. The van der Waals surface area contributed by atoms with Gasteiger partial charge in [-0.15, -0.1) is 0 Å². The lowest BCUT2D eigenvalue weighted by atomic mass is 9.88. The van der Waals surface area contributed by atoms with E-state index in [1.807, 2.05) is 0 Å². The van der Waals surface area contributed by atoms with Crippen LogP contribution in [0.3, 0.4) is 0 Å². The van der Waals surface area contributed by atoms with Gasteiger partial charge in [0.05, 0.1) is 24.7 Å². The van der Waals surface area contributed by atoms with Gasteiger partial charge in [0, 0.05) is 19.6 Å². The molecule has 0 aliphatic carbocycles. The maximum Gasteiger partial charge on any atom is 0.307 e. The van der Waals surface area contributed by atoms with Gasteiger partial charge in [-0.05, 0) is 25.0 Å². The molecule has 12 heteroatoms. The van der Waals surface area contributed by atoms with Crippen molar-refractivity contribution in [3.63, 3.8) is 0 Å². The number of rotatable bonds is 22. The summed E-state index contributed by atoms with van der Waals surface area (Å²) in [5.41, 5.74) is -1.05. The van der Waals surface area contributed by atoms with E-state index in [2.05, 4.69) is 19.7 Å². The monoisotopic (exact) mass is 509 g/mol. The minimum Gasteiger partial charge on any atom is -0.465 e. The van der Waals surface area contributed by atoms with E-state index in [-0.39, 0.29) is 58.7 Å². The first-order chi connectivity index (χ1) is 17.2. The van der Waals surface area contributed by atoms with E-state index < -0.39 is 23.3 Å². The summed E-state index contributed by atoms with van der Waals surface area (Å²) in [7, 11) is 0. The van der Waals surface area contributed by atoms with E-state index in [0.29, 0.717) is 25.7 Å². The van der Waals surface area contributed by atoms with Crippen molar-refractivity contribution in [2.75, 3.05) is 39.5 Å². The van der Waals surface area contributed by atoms with Gasteiger partial charge in [-0.3, -0.25) is 28.8 Å². The second-order valence-electron chi connectivity index (χ2n) is 7.66. The minimum atomic E-state index is -1.05. The molecule has 0 atom stereocenters. The fourth-order valence-electron chi connectivity index (χ4n) is 2.57. The van der Waals surface area contributed by atoms with Crippen molar-refractivity contribution in [1.82, 2.24) is 14.7 Å². The molecule has 12 nitrogen and oxygen atoms in total. The van der Waals surface area contributed by atoms with E-state index >= 15 is 0 Å². The van der Waals surface area contributed by atoms with Gasteiger partial charge in [0.25, 0.3) is 0 Å². The average molecular weight is 510 g/mol. The summed E-state index contributed by atoms with van der Waals surface area (Å²) in [6.07, 6.45) is 5.38. The molecule has 0 fully saturated rings. The van der Waals surface area contributed by atoms with Crippen LogP contribution in [-0.4, -0.2) is 91.3 Å². The Morgan fingerprint density at radius 3 is 1.11 bits per heavy atom. The van der Waals surface area contributed by atoms with Crippen LogP contribution in [0.1, 0.15) is 32.6 Å². The van der Waals surface area contributed by atoms with Crippen LogP contribution in [-0.2, 0) is 43.0 Å². The Morgan fingerprint density at radius 1 is 0.639 bits per heavy atom. The smallest absolute Gasteiger partial charge is 0.307 e. The van der Waals surface area contributed by atoms with Gasteiger partial charge in [0.2, 0.25) is 19.2 Å². The molecule has 0 aliphatic heterocycles. The topological polar surface area (TPSA) is 140 Å². The number of hydrogen-bond donors (Lipinski definition) is 0. The zero-order chi connectivity index (χ0) is 27.4. The molecule has 0 heterocycles. The number of amides is 3. The van der Waals surface area contributed by atoms with Crippen LogP contribution >= 0.6 is 0 Å². The molecule has 0 unspecified atom stereocenters. The summed E-state index contributed by atoms with van der Waals surface area (Å²) in [6.45, 7) is 11.7. The van der Waals surface area contributed by atoms with Gasteiger partial charge in [-0.2, -0.15) is 0 Å². The lowest BCUT2D eigenvalue weighted by Gasteiger charge is -2.31. The molecule has 0 radical (unpaired) electrons. The molecule has 0 aromatic heterocycles. The molecule has 0 rings (SSSR count). The average Bonchev–Trinajstić information content (AvgIpc) is 2.90. The number of carbonyl (C=O) groups is 6. The third-order valence-corrected chi connectivity index (χ3v) is 5.20. The molecule has 0 bridgehead atoms. The SMILES string of the molecule is C=CN(C=O)CCC(=O)OCC(CC)(COC(=O)CCN(C=C)C=O)COC(=O)CCN(C=C)C=O. The molecule has 0 aromatic rings. The van der Waals surface area contributed by atoms with Gasteiger partial charge in [-0.1, -0.05) is 26.7 Å². The Bertz CT molecular complexity index is 663. The summed E-state index contributed by atoms with van der Waals surface area (Å²) in [4.78, 5) is 72.6. The first kappa shape index (κ1) is 32.0. The molecule has 36 heavy (non-hydrogen) atoms. The number of hydrogen-bond acceptors (Lipinski definition) is 9. The summed E-state index contributed by atoms with van der Waals surface area (Å²) in [5.74, 6) is -1.84. The van der Waals surface area contributed by atoms with Crippen molar-refractivity contribution in [1.29, 1.82) is 0 Å². The molecule has 0 saturated carbocycles. The van der Waals surface area contributed by atoms with E-state index in [4.69, 9.17) is 14.2 Å². The van der Waals surface area contributed by atoms with Crippen molar-refractivity contribution in [3.8, 4) is 0 Å². The first-order valence-electron chi connectivity index (χ1n) is 11.2. The van der Waals surface area contributed by atoms with E-state index in [0.717, 1.165) is 0 Å². The summed E-state index contributed by atoms with van der Waals surface area (Å²) >= 11 is 0. The predicted octanol–water partition coefficient (Wildman–Crippen LogP) is 0.988. The van der Waals surface area contributed by atoms with Gasteiger partial charge >= 0.3 is 17.9 Å². The van der Waals surface area contributed by atoms with E-state index in [1.54, 1.807) is 6.92 Å². The molecule has 200 valence electrons. The van der Waals surface area contributed by atoms with Crippen molar-refractivity contribution in [2.45, 2.75) is 32.6 Å². The Hall–Kier alpha value is -3.96. The quantitative estimate of drug-likeness (QED) is 0.119. The van der Waals surface area contributed by atoms with E-state index in [1.165, 1.54) is 33.3 Å². The maximum absolute atomic E-state index is 12.2. The largest absolute Gasteiger partial charge is 0.465 e. The lowest BCUT2D eigenvalue weighted by molar-refractivity contribution is -0.162. The molecule has 3 amide bonds. The van der Waals surface area contributed by atoms with Gasteiger partial charge in [0.15, 0.2) is 0 Å². The molecule has 0 N–H and O–H groups in total. The van der Waals surface area contributed by atoms with Crippen LogP contribution in [0, 0.1) is 5.41 Å². The lowest BCUT2D eigenvalue weighted by Crippen LogP contribution is -2.39. The van der Waals surface area contributed by atoms with Crippen LogP contribution in [0.5, 0.6) is 0 Å². The van der Waals surface area contributed by atoms with Gasteiger partial charge in [0.1, 0.15) is 19.8 Å². The van der Waals surface area contributed by atoms with Crippen molar-refractivity contribution < 1.29 is 43.0 Å². The summed E-state index contributed by atoms with van der Waals surface area (Å²) in [5, 5.41) is 0. The molecule has 0 spiro atoms. The Kier molecular flexibility index (Phi) is 16.4. The normalized spacial score (nSPS) is 10.2. The minimum absolute atomic E-state index is 0.0714. The fourth-order valence-corrected chi connectivity index (χ4v) is 2.57. The molecule has 0 aliphatic rings. The maximum atomic E-state index is 12.2. The number of ether oxygens (including phenoxy) is 3. The van der Waals surface area contributed by atoms with Crippen LogP contribution in [0.2, 0.25) is 0 Å². The zero-order valence-electron chi connectivity index (χ0n) is 20.7. The third kappa shape index (κ3) is 13.1. The van der Waals surface area contributed by atoms with Gasteiger partial charge in [-0.25, -0.2) is 0 Å². The fraction of sp³-hybridized carbons (Fsp3) is 0.500. The summed E-state index contributed by atoms with van der Waals surface area (Å²) < 4.78 is 16.0. The van der Waals surface area contributed by atoms with Crippen LogP contribution < -0.4 is 0 Å². The van der Waals surface area contributed by atoms with Crippen LogP contribution in [0.15, 0.2) is 38.3 Å². The molecular weight excluding hydrogens is 474 g/mol. The molecular formula is C24H35N3O9. The number of carbonyl (C=O) groups excluding carboxylic acids is 6.